The number of rotatable bonds is 5. The van der Waals surface area contributed by atoms with Gasteiger partial charge in [-0.2, -0.15) is 0 Å². The van der Waals surface area contributed by atoms with Crippen molar-refractivity contribution < 1.29 is 12.8 Å². The van der Waals surface area contributed by atoms with Crippen LogP contribution >= 0.6 is 11.6 Å². The number of aromatic nitrogens is 1. The first-order valence-electron chi connectivity index (χ1n) is 8.95. The molecule has 0 amide bonds. The van der Waals surface area contributed by atoms with E-state index in [0.717, 1.165) is 27.6 Å². The smallest absolute Gasteiger partial charge is 0.256 e. The van der Waals surface area contributed by atoms with Gasteiger partial charge >= 0.3 is 0 Å². The average Bonchev–Trinajstić information content (AvgIpc) is 3.12. The van der Waals surface area contributed by atoms with Crippen LogP contribution in [0.15, 0.2) is 71.8 Å². The molecule has 29 heavy (non-hydrogen) atoms. The van der Waals surface area contributed by atoms with Gasteiger partial charge in [-0.15, -0.1) is 0 Å². The van der Waals surface area contributed by atoms with Crippen LogP contribution in [0.4, 0.5) is 4.39 Å². The monoisotopic (exact) mass is 428 g/mol. The molecule has 0 aliphatic carbocycles. The summed E-state index contributed by atoms with van der Waals surface area (Å²) in [7, 11) is -3.70. The lowest BCUT2D eigenvalue weighted by Crippen LogP contribution is -2.23. The number of nitrogens with one attached hydrogen (secondary N) is 2. The third-order valence-electron chi connectivity index (χ3n) is 4.76. The molecule has 148 valence electrons. The lowest BCUT2D eigenvalue weighted by Gasteiger charge is -2.10. The molecule has 0 fully saturated rings. The van der Waals surface area contributed by atoms with Crippen molar-refractivity contribution in [2.45, 2.75) is 18.5 Å². The van der Waals surface area contributed by atoms with E-state index in [4.69, 9.17) is 11.6 Å². The minimum Gasteiger partial charge on any atom is -0.345 e. The van der Waals surface area contributed by atoms with Gasteiger partial charge in [0.15, 0.2) is 0 Å². The highest BCUT2D eigenvalue weighted by Crippen LogP contribution is 2.25. The number of hydrogen-bond donors (Lipinski definition) is 2. The predicted octanol–water partition coefficient (Wildman–Crippen LogP) is 5.41. The number of fused-ring (bicyclic) bond motifs is 1. The Labute approximate surface area is 173 Å². The zero-order valence-corrected chi connectivity index (χ0v) is 17.1. The number of halogens is 2. The average molecular weight is 429 g/mol. The molecule has 0 atom stereocenters. The maximum absolute atomic E-state index is 13.1. The molecule has 4 rings (SSSR count). The third-order valence-corrected chi connectivity index (χ3v) is 6.32. The fourth-order valence-electron chi connectivity index (χ4n) is 3.27. The molecule has 2 N–H and O–H groups in total. The molecule has 7 heteroatoms. The predicted molar refractivity (Wildman–Crippen MR) is 114 cm³/mol. The maximum atomic E-state index is 13.1. The molecule has 0 bridgehead atoms. The van der Waals surface area contributed by atoms with Crippen molar-refractivity contribution in [3.63, 3.8) is 0 Å². The van der Waals surface area contributed by atoms with E-state index in [1.807, 2.05) is 25.1 Å². The van der Waals surface area contributed by atoms with Gasteiger partial charge in [-0.05, 0) is 65.6 Å². The number of hydrogen-bond acceptors (Lipinski definition) is 2. The first kappa shape index (κ1) is 19.6. The van der Waals surface area contributed by atoms with Crippen molar-refractivity contribution in [3.05, 3.63) is 88.7 Å². The summed E-state index contributed by atoms with van der Waals surface area (Å²) in [6, 6.07) is 18.7. The molecular formula is C22H18ClFN2O2S. The second-order valence-electron chi connectivity index (χ2n) is 6.85. The SMILES string of the molecule is Cc1cc(CNS(=O)(=O)c2cc3cc(Cl)ccc3[nH]2)ccc1-c1ccc(F)cc1. The van der Waals surface area contributed by atoms with Crippen LogP contribution in [-0.4, -0.2) is 13.4 Å². The highest BCUT2D eigenvalue weighted by Gasteiger charge is 2.17. The van der Waals surface area contributed by atoms with Crippen LogP contribution in [0.5, 0.6) is 0 Å². The molecule has 1 heterocycles. The molecule has 4 aromatic rings. The number of benzene rings is 3. The largest absolute Gasteiger partial charge is 0.345 e. The summed E-state index contributed by atoms with van der Waals surface area (Å²) >= 11 is 5.97. The Morgan fingerprint density at radius 1 is 1.00 bits per heavy atom. The van der Waals surface area contributed by atoms with Crippen LogP contribution in [0, 0.1) is 12.7 Å². The van der Waals surface area contributed by atoms with Gasteiger partial charge in [0.2, 0.25) is 0 Å². The lowest BCUT2D eigenvalue weighted by atomic mass is 9.98. The maximum Gasteiger partial charge on any atom is 0.256 e. The second-order valence-corrected chi connectivity index (χ2v) is 9.02. The topological polar surface area (TPSA) is 62.0 Å². The van der Waals surface area contributed by atoms with E-state index in [0.29, 0.717) is 10.5 Å². The normalized spacial score (nSPS) is 11.8. The fraction of sp³-hybridized carbons (Fsp3) is 0.0909. The molecule has 0 aliphatic heterocycles. The van der Waals surface area contributed by atoms with Crippen LogP contribution in [0.1, 0.15) is 11.1 Å². The Morgan fingerprint density at radius 3 is 2.48 bits per heavy atom. The van der Waals surface area contributed by atoms with Crippen LogP contribution in [0.2, 0.25) is 5.02 Å². The van der Waals surface area contributed by atoms with E-state index < -0.39 is 10.0 Å². The summed E-state index contributed by atoms with van der Waals surface area (Å²) in [5.41, 5.74) is 4.40. The molecule has 3 aromatic carbocycles. The molecule has 0 unspecified atom stereocenters. The van der Waals surface area contributed by atoms with Crippen molar-refractivity contribution in [2.75, 3.05) is 0 Å². The summed E-state index contributed by atoms with van der Waals surface area (Å²) in [6.07, 6.45) is 0. The summed E-state index contributed by atoms with van der Waals surface area (Å²) in [5, 5.41) is 1.37. The van der Waals surface area contributed by atoms with Crippen molar-refractivity contribution in [1.82, 2.24) is 9.71 Å². The van der Waals surface area contributed by atoms with Crippen LogP contribution < -0.4 is 4.72 Å². The van der Waals surface area contributed by atoms with E-state index in [9.17, 15) is 12.8 Å². The molecule has 4 nitrogen and oxygen atoms in total. The van der Waals surface area contributed by atoms with Crippen molar-refractivity contribution >= 4 is 32.5 Å². The van der Waals surface area contributed by atoms with Gasteiger partial charge in [0.05, 0.1) is 0 Å². The van der Waals surface area contributed by atoms with Gasteiger partial charge in [-0.1, -0.05) is 41.9 Å². The Bertz CT molecular complexity index is 1300. The molecule has 1 aromatic heterocycles. The molecule has 0 aliphatic rings. The van der Waals surface area contributed by atoms with Gasteiger partial charge in [0.25, 0.3) is 10.0 Å². The summed E-state index contributed by atoms with van der Waals surface area (Å²) in [5.74, 6) is -0.281. The highest BCUT2D eigenvalue weighted by atomic mass is 35.5. The van der Waals surface area contributed by atoms with Gasteiger partial charge in [-0.25, -0.2) is 17.5 Å². The Kier molecular flexibility index (Phi) is 5.17. The van der Waals surface area contributed by atoms with Gasteiger partial charge in [0, 0.05) is 22.5 Å². The fourth-order valence-corrected chi connectivity index (χ4v) is 4.49. The number of sulfonamides is 1. The van der Waals surface area contributed by atoms with Crippen LogP contribution in [-0.2, 0) is 16.6 Å². The second kappa shape index (κ2) is 7.63. The van der Waals surface area contributed by atoms with E-state index >= 15 is 0 Å². The molecular weight excluding hydrogens is 411 g/mol. The van der Waals surface area contributed by atoms with Gasteiger partial charge in [-0.3, -0.25) is 0 Å². The van der Waals surface area contributed by atoms with Gasteiger partial charge in [0.1, 0.15) is 10.8 Å². The minimum absolute atomic E-state index is 0.0921. The highest BCUT2D eigenvalue weighted by molar-refractivity contribution is 7.89. The molecule has 0 spiro atoms. The Balaban J connectivity index is 1.53. The van der Waals surface area contributed by atoms with E-state index in [2.05, 4.69) is 9.71 Å². The third kappa shape index (κ3) is 4.19. The van der Waals surface area contributed by atoms with Crippen LogP contribution in [0.3, 0.4) is 0 Å². The first-order valence-corrected chi connectivity index (χ1v) is 10.8. The van der Waals surface area contributed by atoms with Crippen molar-refractivity contribution in [3.8, 4) is 11.1 Å². The molecule has 0 saturated carbocycles. The molecule has 0 saturated heterocycles. The number of aromatic amines is 1. The summed E-state index contributed by atoms with van der Waals surface area (Å²) in [4.78, 5) is 2.91. The van der Waals surface area contributed by atoms with E-state index in [1.165, 1.54) is 12.1 Å². The zero-order valence-electron chi connectivity index (χ0n) is 15.5. The van der Waals surface area contributed by atoms with Crippen LogP contribution in [0.25, 0.3) is 22.0 Å². The van der Waals surface area contributed by atoms with E-state index in [1.54, 1.807) is 36.4 Å². The Morgan fingerprint density at radius 2 is 1.76 bits per heavy atom. The standard InChI is InChI=1S/C22H18ClFN2O2S/c1-14-10-15(2-8-20(14)16-3-6-19(24)7-4-16)13-25-29(27,28)22-12-17-11-18(23)5-9-21(17)26-22/h2-12,25-26H,13H2,1H3. The van der Waals surface area contributed by atoms with Gasteiger partial charge < -0.3 is 4.98 Å². The minimum atomic E-state index is -3.70. The summed E-state index contributed by atoms with van der Waals surface area (Å²) < 4.78 is 41.1. The molecule has 0 radical (unpaired) electrons. The van der Waals surface area contributed by atoms with Crippen molar-refractivity contribution in [2.24, 2.45) is 0 Å². The first-order chi connectivity index (χ1) is 13.8. The summed E-state index contributed by atoms with van der Waals surface area (Å²) in [6.45, 7) is 2.10. The number of aryl methyl sites for hydroxylation is 1. The Hall–Kier alpha value is -2.67. The van der Waals surface area contributed by atoms with E-state index in [-0.39, 0.29) is 17.4 Å². The number of H-pyrrole nitrogens is 1. The van der Waals surface area contributed by atoms with Crippen molar-refractivity contribution in [1.29, 1.82) is 0 Å². The lowest BCUT2D eigenvalue weighted by molar-refractivity contribution is 0.578. The zero-order chi connectivity index (χ0) is 20.6. The quantitative estimate of drug-likeness (QED) is 0.446.